The Morgan fingerprint density at radius 3 is 2.58 bits per heavy atom. The maximum Gasteiger partial charge on any atom is 0.229 e. The Hall–Kier alpha value is -3.17. The molecule has 0 saturated heterocycles. The van der Waals surface area contributed by atoms with Gasteiger partial charge in [-0.15, -0.1) is 0 Å². The van der Waals surface area contributed by atoms with Gasteiger partial charge in [-0.1, -0.05) is 12.1 Å². The molecule has 6 nitrogen and oxygen atoms in total. The van der Waals surface area contributed by atoms with E-state index in [0.29, 0.717) is 24.5 Å². The Balaban J connectivity index is 1.90. The van der Waals surface area contributed by atoms with Crippen molar-refractivity contribution >= 4 is 28.4 Å². The summed E-state index contributed by atoms with van der Waals surface area (Å²) in [5.41, 5.74) is 2.24. The van der Waals surface area contributed by atoms with E-state index in [1.807, 2.05) is 36.4 Å². The highest BCUT2D eigenvalue weighted by molar-refractivity contribution is 5.90. The molecule has 2 aromatic carbocycles. The highest BCUT2D eigenvalue weighted by Gasteiger charge is 2.07. The average molecular weight is 319 g/mol. The molecule has 0 aliphatic heterocycles. The summed E-state index contributed by atoms with van der Waals surface area (Å²) >= 11 is 0. The van der Waals surface area contributed by atoms with Gasteiger partial charge in [-0.2, -0.15) is 10.2 Å². The summed E-state index contributed by atoms with van der Waals surface area (Å²) in [5, 5.41) is 25.1. The third-order valence-electron chi connectivity index (χ3n) is 3.50. The molecule has 3 aromatic rings. The third kappa shape index (κ3) is 3.59. The van der Waals surface area contributed by atoms with Gasteiger partial charge in [0.05, 0.1) is 17.1 Å². The van der Waals surface area contributed by atoms with Gasteiger partial charge in [0.2, 0.25) is 5.95 Å². The summed E-state index contributed by atoms with van der Waals surface area (Å²) < 4.78 is 0. The lowest BCUT2D eigenvalue weighted by atomic mass is 10.2. The fraction of sp³-hybridized carbons (Fsp3) is 0.167. The SMILES string of the molecule is N#Cc1ccc(Nc2nc(NCCCO)c3ccccc3n2)cc1. The van der Waals surface area contributed by atoms with Crippen LogP contribution in [0.5, 0.6) is 0 Å². The van der Waals surface area contributed by atoms with Crippen molar-refractivity contribution in [1.82, 2.24) is 9.97 Å². The van der Waals surface area contributed by atoms with Crippen LogP contribution < -0.4 is 10.6 Å². The molecule has 3 N–H and O–H groups in total. The Morgan fingerprint density at radius 1 is 1.04 bits per heavy atom. The molecule has 1 aromatic heterocycles. The number of aliphatic hydroxyl groups is 1. The van der Waals surface area contributed by atoms with Crippen molar-refractivity contribution in [2.75, 3.05) is 23.8 Å². The van der Waals surface area contributed by atoms with Gasteiger partial charge in [-0.05, 0) is 42.8 Å². The Labute approximate surface area is 139 Å². The van der Waals surface area contributed by atoms with Crippen molar-refractivity contribution in [2.45, 2.75) is 6.42 Å². The van der Waals surface area contributed by atoms with Crippen LogP contribution in [0.15, 0.2) is 48.5 Å². The van der Waals surface area contributed by atoms with Crippen LogP contribution in [0.2, 0.25) is 0 Å². The largest absolute Gasteiger partial charge is 0.396 e. The highest BCUT2D eigenvalue weighted by atomic mass is 16.3. The minimum atomic E-state index is 0.131. The lowest BCUT2D eigenvalue weighted by Gasteiger charge is -2.11. The van der Waals surface area contributed by atoms with Crippen molar-refractivity contribution < 1.29 is 5.11 Å². The van der Waals surface area contributed by atoms with Crippen molar-refractivity contribution in [2.24, 2.45) is 0 Å². The molecule has 0 spiro atoms. The number of aromatic nitrogens is 2. The zero-order valence-electron chi connectivity index (χ0n) is 13.0. The Bertz CT molecular complexity index is 871. The lowest BCUT2D eigenvalue weighted by molar-refractivity contribution is 0.292. The molecule has 0 amide bonds. The van der Waals surface area contributed by atoms with Crippen LogP contribution in [0.4, 0.5) is 17.5 Å². The molecule has 3 rings (SSSR count). The zero-order chi connectivity index (χ0) is 16.8. The van der Waals surface area contributed by atoms with E-state index < -0.39 is 0 Å². The predicted molar refractivity (Wildman–Crippen MR) is 94.2 cm³/mol. The molecule has 0 radical (unpaired) electrons. The first-order chi connectivity index (χ1) is 11.8. The van der Waals surface area contributed by atoms with E-state index in [-0.39, 0.29) is 6.61 Å². The van der Waals surface area contributed by atoms with Gasteiger partial charge in [0.25, 0.3) is 0 Å². The van der Waals surface area contributed by atoms with Gasteiger partial charge in [0.1, 0.15) is 5.82 Å². The number of nitriles is 1. The maximum atomic E-state index is 8.94. The van der Waals surface area contributed by atoms with Crippen molar-refractivity contribution in [3.05, 3.63) is 54.1 Å². The second-order valence-corrected chi connectivity index (χ2v) is 5.23. The van der Waals surface area contributed by atoms with Gasteiger partial charge < -0.3 is 15.7 Å². The minimum absolute atomic E-state index is 0.131. The summed E-state index contributed by atoms with van der Waals surface area (Å²) in [5.74, 6) is 1.20. The first-order valence-electron chi connectivity index (χ1n) is 7.69. The molecule has 0 unspecified atom stereocenters. The maximum absolute atomic E-state index is 8.94. The highest BCUT2D eigenvalue weighted by Crippen LogP contribution is 2.23. The fourth-order valence-electron chi connectivity index (χ4n) is 2.31. The summed E-state index contributed by atoms with van der Waals surface area (Å²) in [6.07, 6.45) is 0.650. The topological polar surface area (TPSA) is 93.9 Å². The van der Waals surface area contributed by atoms with Crippen molar-refractivity contribution in [3.63, 3.8) is 0 Å². The van der Waals surface area contributed by atoms with Gasteiger partial charge in [0.15, 0.2) is 0 Å². The molecule has 6 heteroatoms. The Kier molecular flexibility index (Phi) is 4.84. The van der Waals surface area contributed by atoms with Crippen molar-refractivity contribution in [1.29, 1.82) is 5.26 Å². The van der Waals surface area contributed by atoms with Crippen LogP contribution in [0.1, 0.15) is 12.0 Å². The van der Waals surface area contributed by atoms with E-state index in [1.54, 1.807) is 12.1 Å². The second-order valence-electron chi connectivity index (χ2n) is 5.23. The van der Waals surface area contributed by atoms with Crippen LogP contribution in [0.3, 0.4) is 0 Å². The van der Waals surface area contributed by atoms with Gasteiger partial charge >= 0.3 is 0 Å². The molecular formula is C18H17N5O. The second kappa shape index (κ2) is 7.40. The molecule has 120 valence electrons. The minimum Gasteiger partial charge on any atom is -0.396 e. The van der Waals surface area contributed by atoms with Crippen LogP contribution in [-0.2, 0) is 0 Å². The molecule has 0 aliphatic rings. The number of aliphatic hydroxyl groups excluding tert-OH is 1. The molecular weight excluding hydrogens is 302 g/mol. The molecule has 24 heavy (non-hydrogen) atoms. The number of hydrogen-bond donors (Lipinski definition) is 3. The van der Waals surface area contributed by atoms with Crippen LogP contribution in [0, 0.1) is 11.3 Å². The average Bonchev–Trinajstić information content (AvgIpc) is 2.62. The van der Waals surface area contributed by atoms with Gasteiger partial charge in [-0.3, -0.25) is 0 Å². The summed E-state index contributed by atoms with van der Waals surface area (Å²) in [7, 11) is 0. The van der Waals surface area contributed by atoms with E-state index in [4.69, 9.17) is 10.4 Å². The van der Waals surface area contributed by atoms with Crippen molar-refractivity contribution in [3.8, 4) is 6.07 Å². The number of rotatable bonds is 6. The smallest absolute Gasteiger partial charge is 0.229 e. The first-order valence-corrected chi connectivity index (χ1v) is 7.69. The van der Waals surface area contributed by atoms with Crippen LogP contribution in [-0.4, -0.2) is 28.2 Å². The molecule has 0 fully saturated rings. The summed E-state index contributed by atoms with van der Waals surface area (Å²) in [6.45, 7) is 0.764. The first kappa shape index (κ1) is 15.7. The number of para-hydroxylation sites is 1. The van der Waals surface area contributed by atoms with E-state index >= 15 is 0 Å². The predicted octanol–water partition coefficient (Wildman–Crippen LogP) is 3.04. The van der Waals surface area contributed by atoms with Gasteiger partial charge in [0, 0.05) is 24.2 Å². The quantitative estimate of drug-likeness (QED) is 0.605. The van der Waals surface area contributed by atoms with Crippen LogP contribution >= 0.6 is 0 Å². The number of benzene rings is 2. The van der Waals surface area contributed by atoms with E-state index in [9.17, 15) is 0 Å². The molecule has 0 aliphatic carbocycles. The molecule has 0 bridgehead atoms. The van der Waals surface area contributed by atoms with Gasteiger partial charge in [-0.25, -0.2) is 4.98 Å². The number of fused-ring (bicyclic) bond motifs is 1. The number of anilines is 3. The van der Waals surface area contributed by atoms with E-state index in [2.05, 4.69) is 26.7 Å². The number of nitrogens with zero attached hydrogens (tertiary/aromatic N) is 3. The summed E-state index contributed by atoms with van der Waals surface area (Å²) in [6, 6.07) is 17.0. The third-order valence-corrected chi connectivity index (χ3v) is 3.50. The zero-order valence-corrected chi connectivity index (χ0v) is 13.0. The standard InChI is InChI=1S/C18H17N5O/c19-12-13-6-8-14(9-7-13)21-18-22-16-5-2-1-4-15(16)17(23-18)20-10-3-11-24/h1-2,4-9,24H,3,10-11H2,(H2,20,21,22,23). The monoisotopic (exact) mass is 319 g/mol. The number of nitrogens with one attached hydrogen (secondary N) is 2. The normalized spacial score (nSPS) is 10.3. The molecule has 1 heterocycles. The molecule has 0 atom stereocenters. The number of hydrogen-bond acceptors (Lipinski definition) is 6. The fourth-order valence-corrected chi connectivity index (χ4v) is 2.31. The molecule has 0 saturated carbocycles. The van der Waals surface area contributed by atoms with E-state index in [0.717, 1.165) is 22.4 Å². The lowest BCUT2D eigenvalue weighted by Crippen LogP contribution is -2.08. The van der Waals surface area contributed by atoms with E-state index in [1.165, 1.54) is 0 Å². The van der Waals surface area contributed by atoms with Crippen LogP contribution in [0.25, 0.3) is 10.9 Å². The Morgan fingerprint density at radius 2 is 1.83 bits per heavy atom. The summed E-state index contributed by atoms with van der Waals surface area (Å²) in [4.78, 5) is 9.06.